The molecule has 0 atom stereocenters. The van der Waals surface area contributed by atoms with Gasteiger partial charge in [-0.05, 0) is 18.2 Å². The first kappa shape index (κ1) is 13.3. The van der Waals surface area contributed by atoms with Crippen LogP contribution in [0.5, 0.6) is 11.8 Å². The van der Waals surface area contributed by atoms with Crippen LogP contribution in [0.25, 0.3) is 27.8 Å². The van der Waals surface area contributed by atoms with E-state index in [1.807, 2.05) is 0 Å². The fourth-order valence-corrected chi connectivity index (χ4v) is 2.67. The number of anilines is 1. The largest absolute Gasteiger partial charge is 0.507 e. The summed E-state index contributed by atoms with van der Waals surface area (Å²) in [4.78, 5) is 16.8. The molecule has 4 aromatic heterocycles. The van der Waals surface area contributed by atoms with Gasteiger partial charge in [-0.15, -0.1) is 0 Å². The topological polar surface area (TPSA) is 111 Å². The smallest absolute Gasteiger partial charge is 0.316 e. The second-order valence-corrected chi connectivity index (χ2v) is 4.86. The van der Waals surface area contributed by atoms with Gasteiger partial charge in [0.2, 0.25) is 5.95 Å². The van der Waals surface area contributed by atoms with Gasteiger partial charge in [-0.2, -0.15) is 4.98 Å². The molecule has 0 aliphatic rings. The van der Waals surface area contributed by atoms with Crippen LogP contribution in [0.2, 0.25) is 0 Å². The normalized spacial score (nSPS) is 11.2. The average Bonchev–Trinajstić information content (AvgIpc) is 2.92. The van der Waals surface area contributed by atoms with Gasteiger partial charge in [0.05, 0.1) is 23.7 Å². The molecule has 3 N–H and O–H groups in total. The molecule has 0 unspecified atom stereocenters. The van der Waals surface area contributed by atoms with Gasteiger partial charge in [0.1, 0.15) is 5.75 Å². The fraction of sp³-hybridized carbons (Fsp3) is 0.0667. The van der Waals surface area contributed by atoms with Crippen LogP contribution in [0.4, 0.5) is 5.95 Å². The molecule has 0 radical (unpaired) electrons. The molecule has 0 aliphatic carbocycles. The molecule has 0 amide bonds. The molecule has 0 spiro atoms. The summed E-state index contributed by atoms with van der Waals surface area (Å²) in [5.74, 6) is 0.364. The van der Waals surface area contributed by atoms with Crippen molar-refractivity contribution in [2.45, 2.75) is 0 Å². The summed E-state index contributed by atoms with van der Waals surface area (Å²) in [5.41, 5.74) is 8.53. The van der Waals surface area contributed by atoms with Crippen LogP contribution in [-0.2, 0) is 0 Å². The number of ether oxygens (including phenoxy) is 1. The third-order valence-corrected chi connectivity index (χ3v) is 3.61. The first-order chi connectivity index (χ1) is 11.2. The van der Waals surface area contributed by atoms with E-state index in [4.69, 9.17) is 10.5 Å². The number of fused-ring (bicyclic) bond motifs is 3. The highest BCUT2D eigenvalue weighted by Gasteiger charge is 2.20. The molecule has 114 valence electrons. The average molecular weight is 308 g/mol. The number of pyridine rings is 1. The maximum absolute atomic E-state index is 10.3. The highest BCUT2D eigenvalue weighted by atomic mass is 16.5. The highest BCUT2D eigenvalue weighted by molar-refractivity contribution is 6.06. The minimum atomic E-state index is 0.0886. The van der Waals surface area contributed by atoms with E-state index in [2.05, 4.69) is 19.9 Å². The van der Waals surface area contributed by atoms with Gasteiger partial charge in [0.25, 0.3) is 0 Å². The molecule has 8 heteroatoms. The predicted molar refractivity (Wildman–Crippen MR) is 84.1 cm³/mol. The molecule has 8 nitrogen and oxygen atoms in total. The fourth-order valence-electron chi connectivity index (χ4n) is 2.67. The van der Waals surface area contributed by atoms with Crippen molar-refractivity contribution in [2.75, 3.05) is 12.8 Å². The molecule has 0 saturated heterocycles. The summed E-state index contributed by atoms with van der Waals surface area (Å²) in [6, 6.07) is 5.29. The Morgan fingerprint density at radius 2 is 1.87 bits per heavy atom. The van der Waals surface area contributed by atoms with Crippen molar-refractivity contribution >= 4 is 22.5 Å². The lowest BCUT2D eigenvalue weighted by Gasteiger charge is -2.03. The second kappa shape index (κ2) is 4.80. The van der Waals surface area contributed by atoms with Crippen LogP contribution in [0.3, 0.4) is 0 Å². The molecular formula is C15H12N6O2. The van der Waals surface area contributed by atoms with Crippen molar-refractivity contribution in [2.24, 2.45) is 0 Å². The van der Waals surface area contributed by atoms with Crippen molar-refractivity contribution in [3.05, 3.63) is 36.8 Å². The number of hydrogen-bond acceptors (Lipinski definition) is 7. The van der Waals surface area contributed by atoms with E-state index >= 15 is 0 Å². The standard InChI is InChI=1S/C15H12N6O2/c1-23-15-19-5-2-8(20-15)11-9-3-6-18-14(16)21(9)13-12(11)10(22)4-7-17-13/h2-7H,1H3,(H2,16,18)(H,17,22). The van der Waals surface area contributed by atoms with E-state index in [1.54, 1.807) is 28.9 Å². The Hall–Kier alpha value is -3.42. The van der Waals surface area contributed by atoms with Crippen molar-refractivity contribution in [1.29, 1.82) is 0 Å². The maximum atomic E-state index is 10.3. The number of nitrogens with zero attached hydrogens (tertiary/aromatic N) is 5. The van der Waals surface area contributed by atoms with Gasteiger partial charge in [-0.25, -0.2) is 15.0 Å². The lowest BCUT2D eigenvalue weighted by atomic mass is 10.1. The van der Waals surface area contributed by atoms with E-state index < -0.39 is 0 Å². The maximum Gasteiger partial charge on any atom is 0.316 e. The molecule has 0 aromatic carbocycles. The third-order valence-electron chi connectivity index (χ3n) is 3.61. The number of nitrogens with two attached hydrogens (primary N) is 1. The van der Waals surface area contributed by atoms with Gasteiger partial charge >= 0.3 is 6.01 Å². The van der Waals surface area contributed by atoms with Crippen molar-refractivity contribution in [3.63, 3.8) is 0 Å². The third kappa shape index (κ3) is 1.85. The minimum Gasteiger partial charge on any atom is -0.507 e. The zero-order valence-electron chi connectivity index (χ0n) is 12.1. The summed E-state index contributed by atoms with van der Waals surface area (Å²) in [6.45, 7) is 0. The van der Waals surface area contributed by atoms with E-state index in [9.17, 15) is 5.11 Å². The van der Waals surface area contributed by atoms with E-state index in [0.29, 0.717) is 22.3 Å². The molecule has 0 fully saturated rings. The summed E-state index contributed by atoms with van der Waals surface area (Å²) < 4.78 is 6.77. The molecule has 23 heavy (non-hydrogen) atoms. The Morgan fingerprint density at radius 1 is 1.09 bits per heavy atom. The number of methoxy groups -OCH3 is 1. The molecule has 4 heterocycles. The van der Waals surface area contributed by atoms with E-state index in [1.165, 1.54) is 19.4 Å². The van der Waals surface area contributed by atoms with Crippen LogP contribution < -0.4 is 10.5 Å². The van der Waals surface area contributed by atoms with Gasteiger partial charge in [-0.3, -0.25) is 4.40 Å². The lowest BCUT2D eigenvalue weighted by molar-refractivity contribution is 0.380. The Kier molecular flexibility index (Phi) is 2.77. The first-order valence-corrected chi connectivity index (χ1v) is 6.80. The first-order valence-electron chi connectivity index (χ1n) is 6.80. The summed E-state index contributed by atoms with van der Waals surface area (Å²) in [6.07, 6.45) is 4.71. The summed E-state index contributed by atoms with van der Waals surface area (Å²) in [7, 11) is 1.50. The van der Waals surface area contributed by atoms with Crippen molar-refractivity contribution in [3.8, 4) is 23.0 Å². The Labute approximate surface area is 130 Å². The molecule has 4 aromatic rings. The molecule has 4 rings (SSSR count). The van der Waals surface area contributed by atoms with Crippen molar-refractivity contribution < 1.29 is 9.84 Å². The van der Waals surface area contributed by atoms with Gasteiger partial charge in [0.15, 0.2) is 5.65 Å². The van der Waals surface area contributed by atoms with E-state index in [0.717, 1.165) is 5.52 Å². The Morgan fingerprint density at radius 3 is 2.70 bits per heavy atom. The number of nitrogen functional groups attached to an aromatic ring is 1. The monoisotopic (exact) mass is 308 g/mol. The molecule has 0 saturated carbocycles. The predicted octanol–water partition coefficient (Wildman–Crippen LogP) is 1.64. The molecular weight excluding hydrogens is 296 g/mol. The number of aromatic nitrogens is 5. The zero-order chi connectivity index (χ0) is 16.0. The van der Waals surface area contributed by atoms with Crippen molar-refractivity contribution in [1.82, 2.24) is 24.3 Å². The number of rotatable bonds is 2. The van der Waals surface area contributed by atoms with Crippen LogP contribution in [0.1, 0.15) is 0 Å². The second-order valence-electron chi connectivity index (χ2n) is 4.86. The Bertz CT molecular complexity index is 1040. The number of aromatic hydroxyl groups is 1. The molecule has 0 bridgehead atoms. The zero-order valence-corrected chi connectivity index (χ0v) is 12.1. The lowest BCUT2D eigenvalue weighted by Crippen LogP contribution is -1.99. The van der Waals surface area contributed by atoms with E-state index in [-0.39, 0.29) is 17.7 Å². The summed E-state index contributed by atoms with van der Waals surface area (Å²) in [5, 5.41) is 10.9. The Balaban J connectivity index is 2.21. The van der Waals surface area contributed by atoms with Gasteiger partial charge in [-0.1, -0.05) is 0 Å². The molecule has 0 aliphatic heterocycles. The van der Waals surface area contributed by atoms with Crippen LogP contribution in [0.15, 0.2) is 36.8 Å². The van der Waals surface area contributed by atoms with Crippen LogP contribution >= 0.6 is 0 Å². The SMILES string of the molecule is COc1nccc(-c2c3c(O)ccnc3n3c(N)nccc23)n1. The quantitative estimate of drug-likeness (QED) is 0.579. The van der Waals surface area contributed by atoms with Crippen LogP contribution in [-0.4, -0.2) is 36.6 Å². The summed E-state index contributed by atoms with van der Waals surface area (Å²) >= 11 is 0. The minimum absolute atomic E-state index is 0.0886. The van der Waals surface area contributed by atoms with Gasteiger partial charge in [0, 0.05) is 24.2 Å². The van der Waals surface area contributed by atoms with Crippen LogP contribution in [0, 0.1) is 0 Å². The number of hydrogen-bond donors (Lipinski definition) is 2. The highest BCUT2D eigenvalue weighted by Crippen LogP contribution is 2.39. The van der Waals surface area contributed by atoms with Gasteiger partial charge < -0.3 is 15.6 Å².